The van der Waals surface area contributed by atoms with Crippen LogP contribution >= 0.6 is 0 Å². The maximum atomic E-state index is 13.3. The zero-order valence-electron chi connectivity index (χ0n) is 17.5. The fourth-order valence-electron chi connectivity index (χ4n) is 2.79. The number of carbonyl (C=O) groups excluding carboxylic acids is 1. The van der Waals surface area contributed by atoms with Gasteiger partial charge in [-0.25, -0.2) is 13.9 Å². The van der Waals surface area contributed by atoms with Gasteiger partial charge in [0.2, 0.25) is 10.0 Å². The summed E-state index contributed by atoms with van der Waals surface area (Å²) in [6.45, 7) is 1.20. The lowest BCUT2D eigenvalue weighted by molar-refractivity contribution is -0.132. The maximum Gasteiger partial charge on any atom is 0.261 e. The summed E-state index contributed by atoms with van der Waals surface area (Å²) in [5, 5.41) is 9.00. The SMILES string of the molecule is COc1ccc(CN([C@H](C)C(=O)NO)S(=O)(=O)c2ccc(OCCCCF)cc2)cc1. The molecule has 0 fully saturated rings. The first-order valence-electron chi connectivity index (χ1n) is 9.71. The number of methoxy groups -OCH3 is 1. The molecule has 0 saturated carbocycles. The van der Waals surface area contributed by atoms with Gasteiger partial charge in [-0.15, -0.1) is 0 Å². The van der Waals surface area contributed by atoms with Gasteiger partial charge in [0.1, 0.15) is 17.5 Å². The van der Waals surface area contributed by atoms with Crippen LogP contribution < -0.4 is 15.0 Å². The first-order chi connectivity index (χ1) is 14.8. The van der Waals surface area contributed by atoms with Crippen molar-refractivity contribution in [3.8, 4) is 11.5 Å². The summed E-state index contributed by atoms with van der Waals surface area (Å²) in [5.74, 6) is 0.215. The number of halogens is 1. The van der Waals surface area contributed by atoms with Crippen molar-refractivity contribution < 1.29 is 32.3 Å². The lowest BCUT2D eigenvalue weighted by atomic mass is 10.2. The van der Waals surface area contributed by atoms with Crippen molar-refractivity contribution in [2.24, 2.45) is 0 Å². The topological polar surface area (TPSA) is 105 Å². The second kappa shape index (κ2) is 11.6. The molecule has 0 aliphatic carbocycles. The molecule has 10 heteroatoms. The van der Waals surface area contributed by atoms with E-state index in [0.717, 1.165) is 4.31 Å². The Kier molecular flexibility index (Phi) is 9.22. The number of unbranched alkanes of at least 4 members (excludes halogenated alkanes) is 1. The number of carbonyl (C=O) groups is 1. The van der Waals surface area contributed by atoms with E-state index in [9.17, 15) is 17.6 Å². The summed E-state index contributed by atoms with van der Waals surface area (Å²) in [4.78, 5) is 12.0. The molecule has 2 aromatic carbocycles. The first-order valence-corrected chi connectivity index (χ1v) is 11.1. The second-order valence-electron chi connectivity index (χ2n) is 6.77. The monoisotopic (exact) mass is 454 g/mol. The molecule has 0 heterocycles. The third-order valence-corrected chi connectivity index (χ3v) is 6.58. The number of sulfonamides is 1. The molecule has 1 amide bonds. The predicted octanol–water partition coefficient (Wildman–Crippen LogP) is 2.91. The van der Waals surface area contributed by atoms with E-state index in [4.69, 9.17) is 14.7 Å². The third-order valence-electron chi connectivity index (χ3n) is 4.65. The molecule has 0 saturated heterocycles. The summed E-state index contributed by atoms with van der Waals surface area (Å²) in [6.07, 6.45) is 0.956. The molecule has 2 aromatic rings. The van der Waals surface area contributed by atoms with Gasteiger partial charge in [-0.2, -0.15) is 4.31 Å². The van der Waals surface area contributed by atoms with Crippen LogP contribution in [0.15, 0.2) is 53.4 Å². The normalized spacial score (nSPS) is 12.4. The largest absolute Gasteiger partial charge is 0.497 e. The van der Waals surface area contributed by atoms with E-state index in [1.807, 2.05) is 0 Å². The zero-order chi connectivity index (χ0) is 22.9. The van der Waals surface area contributed by atoms with E-state index >= 15 is 0 Å². The van der Waals surface area contributed by atoms with E-state index in [1.54, 1.807) is 24.3 Å². The highest BCUT2D eigenvalue weighted by atomic mass is 32.2. The van der Waals surface area contributed by atoms with Gasteiger partial charge in [0, 0.05) is 6.54 Å². The van der Waals surface area contributed by atoms with Gasteiger partial charge >= 0.3 is 0 Å². The highest BCUT2D eigenvalue weighted by Crippen LogP contribution is 2.24. The fourth-order valence-corrected chi connectivity index (χ4v) is 4.38. The summed E-state index contributed by atoms with van der Waals surface area (Å²) >= 11 is 0. The lowest BCUT2D eigenvalue weighted by Crippen LogP contribution is -2.46. The Bertz CT molecular complexity index is 935. The Labute approximate surface area is 181 Å². The average Bonchev–Trinajstić information content (AvgIpc) is 2.80. The Hall–Kier alpha value is -2.69. The predicted molar refractivity (Wildman–Crippen MR) is 112 cm³/mol. The van der Waals surface area contributed by atoms with Gasteiger partial charge in [-0.3, -0.25) is 14.4 Å². The van der Waals surface area contributed by atoms with Crippen molar-refractivity contribution in [2.45, 2.75) is 37.2 Å². The van der Waals surface area contributed by atoms with E-state index < -0.39 is 28.6 Å². The Morgan fingerprint density at radius 3 is 2.26 bits per heavy atom. The van der Waals surface area contributed by atoms with Gasteiger partial charge in [0.05, 0.1) is 25.3 Å². The molecule has 170 valence electrons. The number of alkyl halides is 1. The van der Waals surface area contributed by atoms with Crippen LogP contribution in [0.4, 0.5) is 4.39 Å². The molecule has 2 N–H and O–H groups in total. The average molecular weight is 455 g/mol. The Morgan fingerprint density at radius 2 is 1.71 bits per heavy atom. The van der Waals surface area contributed by atoms with Crippen molar-refractivity contribution in [1.29, 1.82) is 0 Å². The molecule has 1 atom stereocenters. The van der Waals surface area contributed by atoms with Gasteiger partial charge < -0.3 is 9.47 Å². The van der Waals surface area contributed by atoms with Crippen LogP contribution in [0.5, 0.6) is 11.5 Å². The van der Waals surface area contributed by atoms with Crippen LogP contribution in [0, 0.1) is 0 Å². The number of ether oxygens (including phenoxy) is 2. The third kappa shape index (κ3) is 6.65. The summed E-state index contributed by atoms with van der Waals surface area (Å²) < 4.78 is 50.3. The summed E-state index contributed by atoms with van der Waals surface area (Å²) in [7, 11) is -2.57. The number of hydrogen-bond donors (Lipinski definition) is 2. The van der Waals surface area contributed by atoms with Crippen LogP contribution in [0.2, 0.25) is 0 Å². The van der Waals surface area contributed by atoms with E-state index in [1.165, 1.54) is 43.8 Å². The molecule has 0 bridgehead atoms. The van der Waals surface area contributed by atoms with Crippen LogP contribution in [0.3, 0.4) is 0 Å². The van der Waals surface area contributed by atoms with Crippen molar-refractivity contribution in [3.05, 3.63) is 54.1 Å². The van der Waals surface area contributed by atoms with Crippen molar-refractivity contribution in [1.82, 2.24) is 9.79 Å². The molecule has 0 radical (unpaired) electrons. The van der Waals surface area contributed by atoms with E-state index in [2.05, 4.69) is 0 Å². The van der Waals surface area contributed by atoms with Crippen molar-refractivity contribution in [3.63, 3.8) is 0 Å². The fraction of sp³-hybridized carbons (Fsp3) is 0.381. The van der Waals surface area contributed by atoms with Crippen LogP contribution in [-0.4, -0.2) is 50.3 Å². The number of nitrogens with zero attached hydrogens (tertiary/aromatic N) is 1. The standard InChI is InChI=1S/C21H27FN2O6S/c1-16(21(25)23-26)24(15-17-5-7-18(29-2)8-6-17)31(27,28)20-11-9-19(10-12-20)30-14-4-3-13-22/h5-12,16,26H,3-4,13-15H2,1-2H3,(H,23,25)/t16-/m1/s1. The van der Waals surface area contributed by atoms with Gasteiger partial charge in [-0.1, -0.05) is 12.1 Å². The molecule has 0 spiro atoms. The van der Waals surface area contributed by atoms with Crippen LogP contribution in [0.1, 0.15) is 25.3 Å². The van der Waals surface area contributed by atoms with Crippen LogP contribution in [-0.2, 0) is 21.4 Å². The summed E-state index contributed by atoms with van der Waals surface area (Å²) in [5.41, 5.74) is 2.14. The second-order valence-corrected chi connectivity index (χ2v) is 8.66. The first kappa shape index (κ1) is 24.6. The van der Waals surface area contributed by atoms with E-state index in [0.29, 0.717) is 36.5 Å². The molecule has 0 aliphatic rings. The quantitative estimate of drug-likeness (QED) is 0.290. The Morgan fingerprint density at radius 1 is 1.10 bits per heavy atom. The smallest absolute Gasteiger partial charge is 0.261 e. The maximum absolute atomic E-state index is 13.3. The number of benzene rings is 2. The number of hydrogen-bond acceptors (Lipinski definition) is 6. The molecule has 8 nitrogen and oxygen atoms in total. The molecule has 0 aliphatic heterocycles. The minimum atomic E-state index is -4.09. The number of amides is 1. The van der Waals surface area contributed by atoms with Gasteiger partial charge in [0.15, 0.2) is 0 Å². The van der Waals surface area contributed by atoms with Crippen molar-refractivity contribution in [2.75, 3.05) is 20.4 Å². The molecular formula is C21H27FN2O6S. The lowest BCUT2D eigenvalue weighted by Gasteiger charge is -2.27. The molecular weight excluding hydrogens is 427 g/mol. The number of rotatable bonds is 12. The molecule has 31 heavy (non-hydrogen) atoms. The van der Waals surface area contributed by atoms with Crippen molar-refractivity contribution >= 4 is 15.9 Å². The Balaban J connectivity index is 2.26. The number of hydroxylamine groups is 1. The van der Waals surface area contributed by atoms with Gasteiger partial charge in [-0.05, 0) is 61.7 Å². The molecule has 2 rings (SSSR count). The highest BCUT2D eigenvalue weighted by molar-refractivity contribution is 7.89. The summed E-state index contributed by atoms with van der Waals surface area (Å²) in [6, 6.07) is 11.4. The van der Waals surface area contributed by atoms with Crippen LogP contribution in [0.25, 0.3) is 0 Å². The minimum Gasteiger partial charge on any atom is -0.497 e. The zero-order valence-corrected chi connectivity index (χ0v) is 18.3. The highest BCUT2D eigenvalue weighted by Gasteiger charge is 2.33. The van der Waals surface area contributed by atoms with E-state index in [-0.39, 0.29) is 11.4 Å². The van der Waals surface area contributed by atoms with Gasteiger partial charge in [0.25, 0.3) is 5.91 Å². The number of nitrogens with one attached hydrogen (secondary N) is 1. The molecule has 0 unspecified atom stereocenters. The molecule has 0 aromatic heterocycles. The minimum absolute atomic E-state index is 0.0327.